The number of hydrogen-bond donors (Lipinski definition) is 3. The molecule has 1 heterocycles. The first-order chi connectivity index (χ1) is 4.93. The molecule has 0 aromatic rings. The Kier molecular flexibility index (Phi) is 1.60. The minimum absolute atomic E-state index is 0.380. The molecule has 0 unspecified atom stereocenters. The SMILES string of the molecule is C[C@@H]1NC(=O)[C@@](C)(O)NC1=O. The molecular weight excluding hydrogens is 148 g/mol. The van der Waals surface area contributed by atoms with E-state index in [0.717, 1.165) is 0 Å². The van der Waals surface area contributed by atoms with E-state index >= 15 is 0 Å². The number of aliphatic hydroxyl groups is 1. The van der Waals surface area contributed by atoms with Crippen LogP contribution in [0.25, 0.3) is 0 Å². The highest BCUT2D eigenvalue weighted by Crippen LogP contribution is 2.04. The van der Waals surface area contributed by atoms with Crippen LogP contribution in [0.1, 0.15) is 13.8 Å². The molecule has 2 amide bonds. The van der Waals surface area contributed by atoms with Crippen LogP contribution in [0.4, 0.5) is 0 Å². The largest absolute Gasteiger partial charge is 0.363 e. The monoisotopic (exact) mass is 158 g/mol. The average Bonchev–Trinajstić information content (AvgIpc) is 1.83. The van der Waals surface area contributed by atoms with Crippen LogP contribution in [0.5, 0.6) is 0 Å². The van der Waals surface area contributed by atoms with Gasteiger partial charge in [0.2, 0.25) is 11.6 Å². The van der Waals surface area contributed by atoms with E-state index in [-0.39, 0.29) is 5.91 Å². The van der Waals surface area contributed by atoms with E-state index in [0.29, 0.717) is 0 Å². The van der Waals surface area contributed by atoms with Gasteiger partial charge in [0, 0.05) is 0 Å². The molecule has 0 aromatic carbocycles. The summed E-state index contributed by atoms with van der Waals surface area (Å²) in [6, 6.07) is -0.567. The fourth-order valence-electron chi connectivity index (χ4n) is 0.808. The maximum atomic E-state index is 10.9. The summed E-state index contributed by atoms with van der Waals surface area (Å²) in [4.78, 5) is 21.8. The van der Waals surface area contributed by atoms with Gasteiger partial charge >= 0.3 is 0 Å². The molecule has 1 rings (SSSR count). The first kappa shape index (κ1) is 8.00. The second-order valence-corrected chi connectivity index (χ2v) is 2.76. The molecule has 5 heteroatoms. The zero-order valence-corrected chi connectivity index (χ0v) is 6.34. The first-order valence-electron chi connectivity index (χ1n) is 3.29. The minimum atomic E-state index is -1.76. The van der Waals surface area contributed by atoms with Crippen LogP contribution in [0, 0.1) is 0 Å². The van der Waals surface area contributed by atoms with E-state index in [9.17, 15) is 14.7 Å². The Morgan fingerprint density at radius 3 is 2.55 bits per heavy atom. The lowest BCUT2D eigenvalue weighted by Crippen LogP contribution is -2.67. The number of piperazine rings is 1. The van der Waals surface area contributed by atoms with Crippen LogP contribution >= 0.6 is 0 Å². The minimum Gasteiger partial charge on any atom is -0.363 e. The Morgan fingerprint density at radius 1 is 1.55 bits per heavy atom. The molecule has 1 fully saturated rings. The van der Waals surface area contributed by atoms with Gasteiger partial charge in [-0.25, -0.2) is 0 Å². The summed E-state index contributed by atoms with van der Waals surface area (Å²) in [5.41, 5.74) is -1.76. The third-order valence-corrected chi connectivity index (χ3v) is 1.55. The van der Waals surface area contributed by atoms with Crippen molar-refractivity contribution in [1.29, 1.82) is 0 Å². The van der Waals surface area contributed by atoms with E-state index in [1.165, 1.54) is 6.92 Å². The van der Waals surface area contributed by atoms with E-state index < -0.39 is 17.7 Å². The van der Waals surface area contributed by atoms with Crippen molar-refractivity contribution >= 4 is 11.8 Å². The van der Waals surface area contributed by atoms with Crippen LogP contribution in [0.15, 0.2) is 0 Å². The van der Waals surface area contributed by atoms with Gasteiger partial charge in [-0.2, -0.15) is 0 Å². The van der Waals surface area contributed by atoms with Crippen molar-refractivity contribution in [3.8, 4) is 0 Å². The highest BCUT2D eigenvalue weighted by atomic mass is 16.3. The molecule has 2 atom stereocenters. The molecule has 3 N–H and O–H groups in total. The quantitative estimate of drug-likeness (QED) is 0.394. The van der Waals surface area contributed by atoms with Gasteiger partial charge in [-0.15, -0.1) is 0 Å². The van der Waals surface area contributed by atoms with E-state index in [2.05, 4.69) is 10.6 Å². The lowest BCUT2D eigenvalue weighted by atomic mass is 10.1. The summed E-state index contributed by atoms with van der Waals surface area (Å²) < 4.78 is 0. The van der Waals surface area contributed by atoms with Crippen LogP contribution in [0.2, 0.25) is 0 Å². The van der Waals surface area contributed by atoms with Crippen molar-refractivity contribution < 1.29 is 14.7 Å². The number of carbonyl (C=O) groups is 2. The van der Waals surface area contributed by atoms with Crippen molar-refractivity contribution in [2.45, 2.75) is 25.6 Å². The van der Waals surface area contributed by atoms with Crippen molar-refractivity contribution in [2.24, 2.45) is 0 Å². The third-order valence-electron chi connectivity index (χ3n) is 1.55. The van der Waals surface area contributed by atoms with Crippen LogP contribution in [-0.2, 0) is 9.59 Å². The van der Waals surface area contributed by atoms with Gasteiger partial charge in [-0.3, -0.25) is 9.59 Å². The number of amides is 2. The zero-order valence-electron chi connectivity index (χ0n) is 6.34. The molecule has 5 nitrogen and oxygen atoms in total. The topological polar surface area (TPSA) is 78.4 Å². The standard InChI is InChI=1S/C6H10N2O3/c1-3-4(9)8-6(2,11)5(10)7-3/h3,11H,1-2H3,(H,7,10)(H,8,9)/t3-,6+/m0/s1. The van der Waals surface area contributed by atoms with E-state index in [1.807, 2.05) is 0 Å². The summed E-state index contributed by atoms with van der Waals surface area (Å²) in [5.74, 6) is -0.959. The summed E-state index contributed by atoms with van der Waals surface area (Å²) in [6.07, 6.45) is 0. The maximum absolute atomic E-state index is 10.9. The fraction of sp³-hybridized carbons (Fsp3) is 0.667. The van der Waals surface area contributed by atoms with Crippen molar-refractivity contribution in [2.75, 3.05) is 0 Å². The summed E-state index contributed by atoms with van der Waals surface area (Å²) in [7, 11) is 0. The second-order valence-electron chi connectivity index (χ2n) is 2.76. The molecule has 1 aliphatic rings. The van der Waals surface area contributed by atoms with Crippen LogP contribution in [-0.4, -0.2) is 28.7 Å². The smallest absolute Gasteiger partial charge is 0.273 e. The lowest BCUT2D eigenvalue weighted by molar-refractivity contribution is -0.154. The molecule has 62 valence electrons. The molecular formula is C6H10N2O3. The number of nitrogens with one attached hydrogen (secondary N) is 2. The van der Waals surface area contributed by atoms with Gasteiger partial charge < -0.3 is 15.7 Å². The van der Waals surface area contributed by atoms with Crippen LogP contribution < -0.4 is 10.6 Å². The molecule has 0 radical (unpaired) electrons. The Balaban J connectivity index is 2.79. The molecule has 0 aliphatic carbocycles. The van der Waals surface area contributed by atoms with Crippen LogP contribution in [0.3, 0.4) is 0 Å². The summed E-state index contributed by atoms with van der Waals surface area (Å²) in [5, 5.41) is 13.7. The Labute approximate surface area is 63.8 Å². The molecule has 0 bridgehead atoms. The molecule has 0 aromatic heterocycles. The highest BCUT2D eigenvalue weighted by molar-refractivity contribution is 5.98. The van der Waals surface area contributed by atoms with Gasteiger partial charge in [-0.05, 0) is 13.8 Å². The Bertz CT molecular complexity index is 212. The number of rotatable bonds is 0. The van der Waals surface area contributed by atoms with Gasteiger partial charge in [0.25, 0.3) is 5.91 Å². The molecule has 1 aliphatic heterocycles. The normalized spacial score (nSPS) is 37.9. The molecule has 11 heavy (non-hydrogen) atoms. The number of carbonyl (C=O) groups excluding carboxylic acids is 2. The zero-order chi connectivity index (χ0) is 8.65. The predicted octanol–water partition coefficient (Wildman–Crippen LogP) is -1.67. The van der Waals surface area contributed by atoms with Gasteiger partial charge in [0.05, 0.1) is 0 Å². The molecule has 0 spiro atoms. The average molecular weight is 158 g/mol. The van der Waals surface area contributed by atoms with Gasteiger partial charge in [-0.1, -0.05) is 0 Å². The van der Waals surface area contributed by atoms with Crippen molar-refractivity contribution in [3.63, 3.8) is 0 Å². The summed E-state index contributed by atoms with van der Waals surface area (Å²) in [6.45, 7) is 2.77. The predicted molar refractivity (Wildman–Crippen MR) is 36.4 cm³/mol. The maximum Gasteiger partial charge on any atom is 0.273 e. The highest BCUT2D eigenvalue weighted by Gasteiger charge is 2.39. The Morgan fingerprint density at radius 2 is 2.09 bits per heavy atom. The molecule has 0 saturated carbocycles. The van der Waals surface area contributed by atoms with E-state index in [1.54, 1.807) is 6.92 Å². The van der Waals surface area contributed by atoms with Crippen molar-refractivity contribution in [3.05, 3.63) is 0 Å². The Hall–Kier alpha value is -1.10. The van der Waals surface area contributed by atoms with Gasteiger partial charge in [0.15, 0.2) is 0 Å². The first-order valence-corrected chi connectivity index (χ1v) is 3.29. The third kappa shape index (κ3) is 1.32. The fourth-order valence-corrected chi connectivity index (χ4v) is 0.808. The molecule has 1 saturated heterocycles. The second kappa shape index (κ2) is 2.20. The van der Waals surface area contributed by atoms with Crippen molar-refractivity contribution in [1.82, 2.24) is 10.6 Å². The summed E-state index contributed by atoms with van der Waals surface area (Å²) >= 11 is 0. The van der Waals surface area contributed by atoms with Gasteiger partial charge in [0.1, 0.15) is 6.04 Å². The number of hydrogen-bond acceptors (Lipinski definition) is 3. The van der Waals surface area contributed by atoms with E-state index in [4.69, 9.17) is 0 Å². The lowest BCUT2D eigenvalue weighted by Gasteiger charge is -2.31.